The van der Waals surface area contributed by atoms with Crippen molar-refractivity contribution in [2.75, 3.05) is 11.0 Å². The molecule has 0 N–H and O–H groups in total. The van der Waals surface area contributed by atoms with Gasteiger partial charge in [0.15, 0.2) is 5.78 Å². The van der Waals surface area contributed by atoms with Crippen LogP contribution in [0.2, 0.25) is 0 Å². The first kappa shape index (κ1) is 11.7. The summed E-state index contributed by atoms with van der Waals surface area (Å²) in [6, 6.07) is 8.12. The van der Waals surface area contributed by atoms with Gasteiger partial charge in [-0.3, -0.25) is 4.79 Å². The smallest absolute Gasteiger partial charge is 0.168 e. The summed E-state index contributed by atoms with van der Waals surface area (Å²) < 4.78 is 5.78. The Balaban J connectivity index is 2.31. The molecular weight excluding hydrogens is 291 g/mol. The van der Waals surface area contributed by atoms with Crippen LogP contribution in [-0.4, -0.2) is 16.8 Å². The molecule has 0 radical (unpaired) electrons. The van der Waals surface area contributed by atoms with Crippen molar-refractivity contribution >= 4 is 28.4 Å². The van der Waals surface area contributed by atoms with Gasteiger partial charge in [-0.05, 0) is 12.5 Å². The highest BCUT2D eigenvalue weighted by Gasteiger charge is 1.99. The Hall–Kier alpha value is -0.420. The van der Waals surface area contributed by atoms with E-state index in [1.54, 1.807) is 0 Å². The van der Waals surface area contributed by atoms with Crippen molar-refractivity contribution in [3.63, 3.8) is 0 Å². The second kappa shape index (κ2) is 6.14. The second-order valence-electron chi connectivity index (χ2n) is 3.15. The van der Waals surface area contributed by atoms with E-state index in [9.17, 15) is 4.79 Å². The van der Waals surface area contributed by atoms with Crippen molar-refractivity contribution in [1.29, 1.82) is 0 Å². The average molecular weight is 304 g/mol. The highest BCUT2D eigenvalue weighted by Crippen LogP contribution is 2.04. The fourth-order valence-corrected chi connectivity index (χ4v) is 1.23. The van der Waals surface area contributed by atoms with Gasteiger partial charge < -0.3 is 4.74 Å². The third kappa shape index (κ3) is 4.19. The summed E-state index contributed by atoms with van der Waals surface area (Å²) in [7, 11) is 0. The lowest BCUT2D eigenvalue weighted by Gasteiger charge is -2.02. The Kier molecular flexibility index (Phi) is 5.11. The van der Waals surface area contributed by atoms with Gasteiger partial charge in [0.2, 0.25) is 0 Å². The number of ether oxygens (including phenoxy) is 1. The van der Waals surface area contributed by atoms with Crippen LogP contribution in [0.25, 0.3) is 0 Å². The lowest BCUT2D eigenvalue weighted by atomic mass is 10.2. The standard InChI is InChI=1S/C11H13IO2/c1-9-2-4-10(5-3-9)7-14-8-11(13)6-12/h2-5H,6-8H2,1H3. The van der Waals surface area contributed by atoms with Crippen molar-refractivity contribution in [2.24, 2.45) is 0 Å². The van der Waals surface area contributed by atoms with Crippen LogP contribution in [0.1, 0.15) is 11.1 Å². The molecule has 0 saturated carbocycles. The molecule has 0 aliphatic heterocycles. The Bertz CT molecular complexity index is 293. The average Bonchev–Trinajstić information content (AvgIpc) is 2.21. The lowest BCUT2D eigenvalue weighted by molar-refractivity contribution is -0.121. The molecule has 2 nitrogen and oxygen atoms in total. The first-order valence-corrected chi connectivity index (χ1v) is 5.96. The maximum absolute atomic E-state index is 10.9. The molecular formula is C11H13IO2. The number of ketones is 1. The third-order valence-electron chi connectivity index (χ3n) is 1.80. The zero-order valence-electron chi connectivity index (χ0n) is 8.13. The SMILES string of the molecule is Cc1ccc(COCC(=O)CI)cc1. The number of carbonyl (C=O) groups excluding carboxylic acids is 1. The number of carbonyl (C=O) groups is 1. The Morgan fingerprint density at radius 1 is 1.36 bits per heavy atom. The maximum atomic E-state index is 10.9. The van der Waals surface area contributed by atoms with E-state index in [-0.39, 0.29) is 12.4 Å². The number of Topliss-reactive ketones (excluding diaryl/α,β-unsaturated/α-hetero) is 1. The van der Waals surface area contributed by atoms with Gasteiger partial charge in [0.1, 0.15) is 6.61 Å². The first-order chi connectivity index (χ1) is 6.72. The van der Waals surface area contributed by atoms with Crippen LogP contribution in [0.4, 0.5) is 0 Å². The predicted octanol–water partition coefficient (Wildman–Crippen LogP) is 2.52. The Labute approximate surface area is 97.8 Å². The van der Waals surface area contributed by atoms with E-state index >= 15 is 0 Å². The molecule has 1 aromatic carbocycles. The number of hydrogen-bond acceptors (Lipinski definition) is 2. The van der Waals surface area contributed by atoms with Crippen LogP contribution in [-0.2, 0) is 16.1 Å². The summed E-state index contributed by atoms with van der Waals surface area (Å²) in [6.45, 7) is 2.78. The number of hydrogen-bond donors (Lipinski definition) is 0. The number of rotatable bonds is 5. The largest absolute Gasteiger partial charge is 0.369 e. The first-order valence-electron chi connectivity index (χ1n) is 4.43. The minimum Gasteiger partial charge on any atom is -0.369 e. The van der Waals surface area contributed by atoms with E-state index in [0.29, 0.717) is 11.0 Å². The van der Waals surface area contributed by atoms with E-state index in [4.69, 9.17) is 4.74 Å². The highest BCUT2D eigenvalue weighted by atomic mass is 127. The van der Waals surface area contributed by atoms with Gasteiger partial charge in [0.25, 0.3) is 0 Å². The molecule has 0 aliphatic rings. The zero-order chi connectivity index (χ0) is 10.4. The van der Waals surface area contributed by atoms with Gasteiger partial charge in [0.05, 0.1) is 11.0 Å². The molecule has 0 aliphatic carbocycles. The molecule has 3 heteroatoms. The molecule has 14 heavy (non-hydrogen) atoms. The van der Waals surface area contributed by atoms with Crippen LogP contribution in [0.15, 0.2) is 24.3 Å². The van der Waals surface area contributed by atoms with Crippen molar-refractivity contribution in [3.05, 3.63) is 35.4 Å². The van der Waals surface area contributed by atoms with Crippen LogP contribution < -0.4 is 0 Å². The van der Waals surface area contributed by atoms with Gasteiger partial charge in [-0.1, -0.05) is 52.4 Å². The van der Waals surface area contributed by atoms with E-state index < -0.39 is 0 Å². The van der Waals surface area contributed by atoms with E-state index in [2.05, 4.69) is 0 Å². The molecule has 0 atom stereocenters. The number of alkyl halides is 1. The summed E-state index contributed by atoms with van der Waals surface area (Å²) in [5, 5.41) is 0. The molecule has 1 rings (SSSR count). The number of benzene rings is 1. The molecule has 0 heterocycles. The zero-order valence-corrected chi connectivity index (χ0v) is 10.3. The third-order valence-corrected chi connectivity index (χ3v) is 2.65. The van der Waals surface area contributed by atoms with Crippen LogP contribution in [0.5, 0.6) is 0 Å². The molecule has 0 saturated heterocycles. The summed E-state index contributed by atoms with van der Waals surface area (Å²) in [6.07, 6.45) is 0. The molecule has 0 unspecified atom stereocenters. The monoisotopic (exact) mass is 304 g/mol. The van der Waals surface area contributed by atoms with Gasteiger partial charge in [0, 0.05) is 0 Å². The molecule has 0 amide bonds. The van der Waals surface area contributed by atoms with Gasteiger partial charge in [-0.15, -0.1) is 0 Å². The van der Waals surface area contributed by atoms with Crippen molar-refractivity contribution in [1.82, 2.24) is 0 Å². The minimum atomic E-state index is 0.137. The van der Waals surface area contributed by atoms with Gasteiger partial charge >= 0.3 is 0 Å². The number of aryl methyl sites for hydroxylation is 1. The summed E-state index contributed by atoms with van der Waals surface area (Å²) >= 11 is 2.04. The summed E-state index contributed by atoms with van der Waals surface area (Å²) in [5.41, 5.74) is 2.34. The van der Waals surface area contributed by atoms with Gasteiger partial charge in [-0.2, -0.15) is 0 Å². The number of halogens is 1. The second-order valence-corrected chi connectivity index (χ2v) is 3.91. The quantitative estimate of drug-likeness (QED) is 0.617. The highest BCUT2D eigenvalue weighted by molar-refractivity contribution is 14.1. The van der Waals surface area contributed by atoms with Crippen LogP contribution in [0.3, 0.4) is 0 Å². The van der Waals surface area contributed by atoms with Crippen molar-refractivity contribution in [2.45, 2.75) is 13.5 Å². The summed E-state index contributed by atoms with van der Waals surface area (Å²) in [5.74, 6) is 0.137. The molecule has 0 spiro atoms. The molecule has 76 valence electrons. The topological polar surface area (TPSA) is 26.3 Å². The normalized spacial score (nSPS) is 10.1. The van der Waals surface area contributed by atoms with Crippen molar-refractivity contribution < 1.29 is 9.53 Å². The predicted molar refractivity (Wildman–Crippen MR) is 64.7 cm³/mol. The molecule has 0 fully saturated rings. The molecule has 1 aromatic rings. The van der Waals surface area contributed by atoms with E-state index in [1.165, 1.54) is 5.56 Å². The minimum absolute atomic E-state index is 0.137. The Morgan fingerprint density at radius 2 is 2.00 bits per heavy atom. The fourth-order valence-electron chi connectivity index (χ4n) is 1.01. The fraction of sp³-hybridized carbons (Fsp3) is 0.364. The molecule has 0 bridgehead atoms. The molecule has 0 aromatic heterocycles. The van der Waals surface area contributed by atoms with E-state index in [1.807, 2.05) is 53.8 Å². The Morgan fingerprint density at radius 3 is 2.57 bits per heavy atom. The van der Waals surface area contributed by atoms with E-state index in [0.717, 1.165) is 5.56 Å². The summed E-state index contributed by atoms with van der Waals surface area (Å²) in [4.78, 5) is 10.9. The van der Waals surface area contributed by atoms with Crippen molar-refractivity contribution in [3.8, 4) is 0 Å². The van der Waals surface area contributed by atoms with Gasteiger partial charge in [-0.25, -0.2) is 0 Å². The lowest BCUT2D eigenvalue weighted by Crippen LogP contribution is -2.09. The maximum Gasteiger partial charge on any atom is 0.168 e. The van der Waals surface area contributed by atoms with Crippen LogP contribution in [0, 0.1) is 6.92 Å². The van der Waals surface area contributed by atoms with Crippen LogP contribution >= 0.6 is 22.6 Å².